The van der Waals surface area contributed by atoms with Crippen molar-refractivity contribution < 1.29 is 4.74 Å². The Labute approximate surface area is 86.6 Å². The molecule has 1 heterocycles. The van der Waals surface area contributed by atoms with Gasteiger partial charge in [-0.15, -0.1) is 0 Å². The molecule has 3 atom stereocenters. The zero-order chi connectivity index (χ0) is 9.97. The molecule has 14 heavy (non-hydrogen) atoms. The molecule has 2 N–H and O–H groups in total. The molecule has 82 valence electrons. The zero-order valence-corrected chi connectivity index (χ0v) is 9.11. The fourth-order valence-corrected chi connectivity index (χ4v) is 2.71. The Morgan fingerprint density at radius 1 is 1.29 bits per heavy atom. The minimum Gasteiger partial charge on any atom is -0.379 e. The molecule has 3 nitrogen and oxygen atoms in total. The third-order valence-corrected chi connectivity index (χ3v) is 3.66. The third-order valence-electron chi connectivity index (χ3n) is 3.66. The van der Waals surface area contributed by atoms with Crippen molar-refractivity contribution in [1.29, 1.82) is 0 Å². The molecule has 0 aromatic carbocycles. The Bertz CT molecular complexity index is 170. The minimum atomic E-state index is 0.445. The standard InChI is InChI=1S/C11H22N2O/c1-9-6-10(7-11(9)12)8-13-2-4-14-5-3-13/h9-11H,2-8,12H2,1H3. The molecule has 3 unspecified atom stereocenters. The van der Waals surface area contributed by atoms with Gasteiger partial charge in [0.1, 0.15) is 0 Å². The molecular weight excluding hydrogens is 176 g/mol. The first kappa shape index (κ1) is 10.4. The van der Waals surface area contributed by atoms with Gasteiger partial charge in [0.15, 0.2) is 0 Å². The van der Waals surface area contributed by atoms with E-state index in [1.807, 2.05) is 0 Å². The van der Waals surface area contributed by atoms with Gasteiger partial charge in [-0.1, -0.05) is 6.92 Å². The summed E-state index contributed by atoms with van der Waals surface area (Å²) in [5.74, 6) is 1.55. The van der Waals surface area contributed by atoms with Crippen molar-refractivity contribution in [2.75, 3.05) is 32.8 Å². The predicted molar refractivity (Wildman–Crippen MR) is 57.1 cm³/mol. The first-order valence-electron chi connectivity index (χ1n) is 5.81. The first-order valence-corrected chi connectivity index (χ1v) is 5.81. The van der Waals surface area contributed by atoms with Gasteiger partial charge < -0.3 is 10.5 Å². The minimum absolute atomic E-state index is 0.445. The number of hydrogen-bond donors (Lipinski definition) is 1. The van der Waals surface area contributed by atoms with E-state index in [2.05, 4.69) is 11.8 Å². The predicted octanol–water partition coefficient (Wildman–Crippen LogP) is 0.692. The topological polar surface area (TPSA) is 38.5 Å². The lowest BCUT2D eigenvalue weighted by molar-refractivity contribution is 0.0308. The van der Waals surface area contributed by atoms with Crippen LogP contribution in [0, 0.1) is 11.8 Å². The van der Waals surface area contributed by atoms with E-state index in [1.54, 1.807) is 0 Å². The molecule has 0 radical (unpaired) electrons. The van der Waals surface area contributed by atoms with Crippen LogP contribution in [-0.4, -0.2) is 43.8 Å². The van der Waals surface area contributed by atoms with Crippen molar-refractivity contribution in [3.8, 4) is 0 Å². The molecule has 2 aliphatic rings. The van der Waals surface area contributed by atoms with Crippen LogP contribution in [0.3, 0.4) is 0 Å². The van der Waals surface area contributed by atoms with Crippen molar-refractivity contribution in [2.24, 2.45) is 17.6 Å². The SMILES string of the molecule is CC1CC(CN2CCOCC2)CC1N. The Hall–Kier alpha value is -0.120. The summed E-state index contributed by atoms with van der Waals surface area (Å²) in [7, 11) is 0. The molecule has 2 rings (SSSR count). The molecule has 0 aromatic heterocycles. The third kappa shape index (κ3) is 2.47. The van der Waals surface area contributed by atoms with Gasteiger partial charge in [0, 0.05) is 25.7 Å². The highest BCUT2D eigenvalue weighted by atomic mass is 16.5. The van der Waals surface area contributed by atoms with Gasteiger partial charge in [0.05, 0.1) is 13.2 Å². The van der Waals surface area contributed by atoms with Gasteiger partial charge in [0.25, 0.3) is 0 Å². The number of ether oxygens (including phenoxy) is 1. The Kier molecular flexibility index (Phi) is 3.42. The molecule has 1 saturated carbocycles. The molecule has 0 amide bonds. The maximum atomic E-state index is 6.03. The van der Waals surface area contributed by atoms with E-state index in [9.17, 15) is 0 Å². The van der Waals surface area contributed by atoms with E-state index in [1.165, 1.54) is 19.4 Å². The van der Waals surface area contributed by atoms with Crippen LogP contribution in [0.4, 0.5) is 0 Å². The van der Waals surface area contributed by atoms with Crippen LogP contribution < -0.4 is 5.73 Å². The van der Waals surface area contributed by atoms with Gasteiger partial charge in [-0.05, 0) is 24.7 Å². The molecule has 3 heteroatoms. The Morgan fingerprint density at radius 3 is 2.57 bits per heavy atom. The molecule has 0 aromatic rings. The number of nitrogens with zero attached hydrogens (tertiary/aromatic N) is 1. The highest BCUT2D eigenvalue weighted by Crippen LogP contribution is 2.30. The Morgan fingerprint density at radius 2 is 2.00 bits per heavy atom. The second-order valence-electron chi connectivity index (χ2n) is 4.89. The summed E-state index contributed by atoms with van der Waals surface area (Å²) in [6, 6.07) is 0.445. The second-order valence-corrected chi connectivity index (χ2v) is 4.89. The number of morpholine rings is 1. The van der Waals surface area contributed by atoms with Crippen LogP contribution in [-0.2, 0) is 4.74 Å². The van der Waals surface area contributed by atoms with Crippen molar-refractivity contribution in [1.82, 2.24) is 4.90 Å². The van der Waals surface area contributed by atoms with E-state index < -0.39 is 0 Å². The number of nitrogens with two attached hydrogens (primary N) is 1. The summed E-state index contributed by atoms with van der Waals surface area (Å²) >= 11 is 0. The smallest absolute Gasteiger partial charge is 0.0594 e. The summed E-state index contributed by atoms with van der Waals surface area (Å²) in [5, 5.41) is 0. The molecule has 0 spiro atoms. The highest BCUT2D eigenvalue weighted by Gasteiger charge is 2.29. The van der Waals surface area contributed by atoms with Crippen molar-refractivity contribution in [3.63, 3.8) is 0 Å². The normalized spacial score (nSPS) is 40.3. The summed E-state index contributed by atoms with van der Waals surface area (Å²) in [5.41, 5.74) is 6.03. The van der Waals surface area contributed by atoms with Crippen molar-refractivity contribution in [3.05, 3.63) is 0 Å². The molecular formula is C11H22N2O. The molecule has 2 fully saturated rings. The number of rotatable bonds is 2. The second kappa shape index (κ2) is 4.60. The van der Waals surface area contributed by atoms with Crippen LogP contribution in [0.1, 0.15) is 19.8 Å². The van der Waals surface area contributed by atoms with Crippen LogP contribution in [0.5, 0.6) is 0 Å². The summed E-state index contributed by atoms with van der Waals surface area (Å²) in [6.45, 7) is 7.56. The van der Waals surface area contributed by atoms with Crippen molar-refractivity contribution in [2.45, 2.75) is 25.8 Å². The van der Waals surface area contributed by atoms with Crippen LogP contribution in [0.2, 0.25) is 0 Å². The number of hydrogen-bond acceptors (Lipinski definition) is 3. The fraction of sp³-hybridized carbons (Fsp3) is 1.00. The quantitative estimate of drug-likeness (QED) is 0.709. The van der Waals surface area contributed by atoms with Crippen LogP contribution in [0.15, 0.2) is 0 Å². The van der Waals surface area contributed by atoms with Gasteiger partial charge in [-0.25, -0.2) is 0 Å². The largest absolute Gasteiger partial charge is 0.379 e. The average Bonchev–Trinajstić information content (AvgIpc) is 2.47. The highest BCUT2D eigenvalue weighted by molar-refractivity contribution is 4.85. The van der Waals surface area contributed by atoms with Gasteiger partial charge in [0.2, 0.25) is 0 Å². The summed E-state index contributed by atoms with van der Waals surface area (Å²) in [6.07, 6.45) is 2.54. The molecule has 1 aliphatic carbocycles. The van der Waals surface area contributed by atoms with Gasteiger partial charge in [-0.3, -0.25) is 4.90 Å². The van der Waals surface area contributed by atoms with E-state index in [4.69, 9.17) is 10.5 Å². The molecule has 0 bridgehead atoms. The summed E-state index contributed by atoms with van der Waals surface area (Å²) in [4.78, 5) is 2.53. The first-order chi connectivity index (χ1) is 6.75. The van der Waals surface area contributed by atoms with Gasteiger partial charge >= 0.3 is 0 Å². The summed E-state index contributed by atoms with van der Waals surface area (Å²) < 4.78 is 5.34. The van der Waals surface area contributed by atoms with Crippen molar-refractivity contribution >= 4 is 0 Å². The van der Waals surface area contributed by atoms with Gasteiger partial charge in [-0.2, -0.15) is 0 Å². The lowest BCUT2D eigenvalue weighted by Gasteiger charge is -2.29. The van der Waals surface area contributed by atoms with Crippen LogP contribution in [0.25, 0.3) is 0 Å². The van der Waals surface area contributed by atoms with E-state index in [0.29, 0.717) is 6.04 Å². The van der Waals surface area contributed by atoms with E-state index in [-0.39, 0.29) is 0 Å². The van der Waals surface area contributed by atoms with E-state index in [0.717, 1.165) is 38.1 Å². The lowest BCUT2D eigenvalue weighted by Crippen LogP contribution is -2.39. The zero-order valence-electron chi connectivity index (χ0n) is 9.11. The lowest BCUT2D eigenvalue weighted by atomic mass is 10.1. The maximum Gasteiger partial charge on any atom is 0.0594 e. The molecule has 1 aliphatic heterocycles. The van der Waals surface area contributed by atoms with Crippen LogP contribution >= 0.6 is 0 Å². The maximum absolute atomic E-state index is 6.03. The fourth-order valence-electron chi connectivity index (χ4n) is 2.71. The van der Waals surface area contributed by atoms with E-state index >= 15 is 0 Å². The molecule has 1 saturated heterocycles. The Balaban J connectivity index is 1.74. The monoisotopic (exact) mass is 198 g/mol. The average molecular weight is 198 g/mol.